The van der Waals surface area contributed by atoms with Gasteiger partial charge >= 0.3 is 5.97 Å². The van der Waals surface area contributed by atoms with Crippen molar-refractivity contribution in [2.45, 2.75) is 13.0 Å². The summed E-state index contributed by atoms with van der Waals surface area (Å²) >= 11 is 0. The quantitative estimate of drug-likeness (QED) is 0.689. The van der Waals surface area contributed by atoms with Crippen molar-refractivity contribution in [1.29, 1.82) is 0 Å². The number of esters is 1. The highest BCUT2D eigenvalue weighted by Crippen LogP contribution is 2.22. The van der Waals surface area contributed by atoms with Crippen LogP contribution in [0, 0.1) is 5.82 Å². The van der Waals surface area contributed by atoms with Gasteiger partial charge in [-0.3, -0.25) is 9.89 Å². The number of aromatic nitrogens is 2. The SMILES string of the molecule is CC(OC(=O)c1cn[nH]c1-c1ccccc1)C(=O)Nc1ccccc1F. The Kier molecular flexibility index (Phi) is 5.07. The molecule has 1 atom stereocenters. The first-order chi connectivity index (χ1) is 12.6. The predicted octanol–water partition coefficient (Wildman–Crippen LogP) is 3.40. The third kappa shape index (κ3) is 3.77. The average Bonchev–Trinajstić information content (AvgIpc) is 3.14. The summed E-state index contributed by atoms with van der Waals surface area (Å²) in [7, 11) is 0. The van der Waals surface area contributed by atoms with E-state index in [9.17, 15) is 14.0 Å². The van der Waals surface area contributed by atoms with Crippen molar-refractivity contribution in [1.82, 2.24) is 10.2 Å². The fourth-order valence-electron chi connectivity index (χ4n) is 2.34. The van der Waals surface area contributed by atoms with Gasteiger partial charge < -0.3 is 10.1 Å². The largest absolute Gasteiger partial charge is 0.449 e. The minimum absolute atomic E-state index is 0.0219. The molecule has 3 aromatic rings. The van der Waals surface area contributed by atoms with Gasteiger partial charge in [0.15, 0.2) is 6.10 Å². The zero-order chi connectivity index (χ0) is 18.5. The summed E-state index contributed by atoms with van der Waals surface area (Å²) in [5.74, 6) is -1.90. The van der Waals surface area contributed by atoms with E-state index in [1.54, 1.807) is 6.07 Å². The highest BCUT2D eigenvalue weighted by molar-refractivity contribution is 5.99. The molecule has 1 amide bonds. The van der Waals surface area contributed by atoms with E-state index in [4.69, 9.17) is 4.74 Å². The van der Waals surface area contributed by atoms with Crippen molar-refractivity contribution in [3.8, 4) is 11.3 Å². The third-order valence-corrected chi connectivity index (χ3v) is 3.71. The average molecular weight is 353 g/mol. The number of carbonyl (C=O) groups excluding carboxylic acids is 2. The summed E-state index contributed by atoms with van der Waals surface area (Å²) in [5, 5.41) is 9.02. The van der Waals surface area contributed by atoms with Crippen LogP contribution in [0.4, 0.5) is 10.1 Å². The molecular weight excluding hydrogens is 337 g/mol. The number of hydrogen-bond donors (Lipinski definition) is 2. The monoisotopic (exact) mass is 353 g/mol. The number of ether oxygens (including phenoxy) is 1. The molecular formula is C19H16FN3O3. The molecule has 7 heteroatoms. The standard InChI is InChI=1S/C19H16FN3O3/c1-12(18(24)22-16-10-6-5-9-15(16)20)26-19(25)14-11-21-23-17(14)13-7-3-2-4-8-13/h2-12H,1H3,(H,21,23)(H,22,24). The van der Waals surface area contributed by atoms with Crippen LogP contribution in [0.25, 0.3) is 11.3 Å². The highest BCUT2D eigenvalue weighted by atomic mass is 19.1. The van der Waals surface area contributed by atoms with Crippen molar-refractivity contribution >= 4 is 17.6 Å². The fraction of sp³-hybridized carbons (Fsp3) is 0.105. The van der Waals surface area contributed by atoms with Gasteiger partial charge in [-0.1, -0.05) is 42.5 Å². The Morgan fingerprint density at radius 3 is 2.54 bits per heavy atom. The molecule has 0 aliphatic heterocycles. The smallest absolute Gasteiger partial charge is 0.342 e. The Morgan fingerprint density at radius 2 is 1.81 bits per heavy atom. The Labute approximate surface area is 149 Å². The number of nitrogens with zero attached hydrogens (tertiary/aromatic N) is 1. The zero-order valence-electron chi connectivity index (χ0n) is 13.9. The first-order valence-corrected chi connectivity index (χ1v) is 7.91. The van der Waals surface area contributed by atoms with Crippen LogP contribution in [0.3, 0.4) is 0 Å². The summed E-state index contributed by atoms with van der Waals surface area (Å²) in [6, 6.07) is 14.9. The van der Waals surface area contributed by atoms with Crippen LogP contribution in [0.2, 0.25) is 0 Å². The first-order valence-electron chi connectivity index (χ1n) is 7.91. The number of hydrogen-bond acceptors (Lipinski definition) is 4. The lowest BCUT2D eigenvalue weighted by Gasteiger charge is -2.14. The number of amides is 1. The second-order valence-corrected chi connectivity index (χ2v) is 5.54. The molecule has 3 rings (SSSR count). The summed E-state index contributed by atoms with van der Waals surface area (Å²) in [6.07, 6.45) is 0.229. The lowest BCUT2D eigenvalue weighted by atomic mass is 10.1. The number of aromatic amines is 1. The Morgan fingerprint density at radius 1 is 1.12 bits per heavy atom. The Balaban J connectivity index is 1.70. The molecule has 2 aromatic carbocycles. The second-order valence-electron chi connectivity index (χ2n) is 5.54. The van der Waals surface area contributed by atoms with Crippen molar-refractivity contribution in [3.05, 3.63) is 72.2 Å². The molecule has 0 radical (unpaired) electrons. The molecule has 26 heavy (non-hydrogen) atoms. The number of rotatable bonds is 5. The van der Waals surface area contributed by atoms with Crippen LogP contribution in [0.5, 0.6) is 0 Å². The van der Waals surface area contributed by atoms with Crippen LogP contribution in [0.1, 0.15) is 17.3 Å². The van der Waals surface area contributed by atoms with E-state index in [0.717, 1.165) is 5.56 Å². The van der Waals surface area contributed by atoms with Gasteiger partial charge in [-0.05, 0) is 19.1 Å². The number of nitrogens with one attached hydrogen (secondary N) is 2. The maximum atomic E-state index is 13.6. The Hall–Kier alpha value is -3.48. The van der Waals surface area contributed by atoms with Gasteiger partial charge in [-0.2, -0.15) is 5.10 Å². The highest BCUT2D eigenvalue weighted by Gasteiger charge is 2.23. The summed E-state index contributed by atoms with van der Waals surface area (Å²) in [5.41, 5.74) is 1.49. The number of carbonyl (C=O) groups is 2. The minimum atomic E-state index is -1.11. The summed E-state index contributed by atoms with van der Waals surface area (Å²) in [4.78, 5) is 24.5. The first kappa shape index (κ1) is 17.3. The topological polar surface area (TPSA) is 84.1 Å². The lowest BCUT2D eigenvalue weighted by molar-refractivity contribution is -0.123. The van der Waals surface area contributed by atoms with Gasteiger partial charge in [-0.15, -0.1) is 0 Å². The predicted molar refractivity (Wildman–Crippen MR) is 93.9 cm³/mol. The van der Waals surface area contributed by atoms with Gasteiger partial charge in [0, 0.05) is 5.56 Å². The van der Waals surface area contributed by atoms with E-state index in [1.165, 1.54) is 31.3 Å². The zero-order valence-corrected chi connectivity index (χ0v) is 13.9. The van der Waals surface area contributed by atoms with Crippen molar-refractivity contribution in [2.24, 2.45) is 0 Å². The van der Waals surface area contributed by atoms with Crippen molar-refractivity contribution < 1.29 is 18.7 Å². The van der Waals surface area contributed by atoms with E-state index in [0.29, 0.717) is 5.69 Å². The van der Waals surface area contributed by atoms with Gasteiger partial charge in [0.05, 0.1) is 17.6 Å². The summed E-state index contributed by atoms with van der Waals surface area (Å²) in [6.45, 7) is 1.41. The summed E-state index contributed by atoms with van der Waals surface area (Å²) < 4.78 is 18.8. The molecule has 0 bridgehead atoms. The maximum absolute atomic E-state index is 13.6. The number of anilines is 1. The molecule has 0 fully saturated rings. The van der Waals surface area contributed by atoms with E-state index >= 15 is 0 Å². The molecule has 0 saturated carbocycles. The molecule has 1 unspecified atom stereocenters. The molecule has 0 saturated heterocycles. The van der Waals surface area contributed by atoms with Crippen molar-refractivity contribution in [2.75, 3.05) is 5.32 Å². The molecule has 0 aliphatic carbocycles. The molecule has 1 heterocycles. The lowest BCUT2D eigenvalue weighted by Crippen LogP contribution is -2.30. The maximum Gasteiger partial charge on any atom is 0.342 e. The Bertz CT molecular complexity index is 925. The van der Waals surface area contributed by atoms with Crippen LogP contribution >= 0.6 is 0 Å². The minimum Gasteiger partial charge on any atom is -0.449 e. The molecule has 132 valence electrons. The van der Waals surface area contributed by atoms with Gasteiger partial charge in [-0.25, -0.2) is 9.18 Å². The van der Waals surface area contributed by atoms with E-state index < -0.39 is 23.8 Å². The van der Waals surface area contributed by atoms with E-state index in [2.05, 4.69) is 15.5 Å². The van der Waals surface area contributed by atoms with E-state index in [-0.39, 0.29) is 11.3 Å². The van der Waals surface area contributed by atoms with Gasteiger partial charge in [0.25, 0.3) is 5.91 Å². The van der Waals surface area contributed by atoms with Gasteiger partial charge in [0.1, 0.15) is 11.4 Å². The molecule has 0 spiro atoms. The van der Waals surface area contributed by atoms with Crippen LogP contribution in [0.15, 0.2) is 60.8 Å². The van der Waals surface area contributed by atoms with Crippen LogP contribution < -0.4 is 5.32 Å². The van der Waals surface area contributed by atoms with Crippen LogP contribution in [-0.2, 0) is 9.53 Å². The number of benzene rings is 2. The molecule has 6 nitrogen and oxygen atoms in total. The molecule has 2 N–H and O–H groups in total. The second kappa shape index (κ2) is 7.60. The number of para-hydroxylation sites is 1. The number of H-pyrrole nitrogens is 1. The normalized spacial score (nSPS) is 11.6. The third-order valence-electron chi connectivity index (χ3n) is 3.71. The van der Waals surface area contributed by atoms with Gasteiger partial charge in [0.2, 0.25) is 0 Å². The molecule has 0 aliphatic rings. The van der Waals surface area contributed by atoms with Crippen molar-refractivity contribution in [3.63, 3.8) is 0 Å². The fourth-order valence-corrected chi connectivity index (χ4v) is 2.34. The number of halogens is 1. The van der Waals surface area contributed by atoms with E-state index in [1.807, 2.05) is 30.3 Å². The molecule has 1 aromatic heterocycles. The van der Waals surface area contributed by atoms with Crippen LogP contribution in [-0.4, -0.2) is 28.2 Å².